The van der Waals surface area contributed by atoms with E-state index in [1.54, 1.807) is 19.1 Å². The normalized spacial score (nSPS) is 22.5. The minimum Gasteiger partial charge on any atom is -0.497 e. The summed E-state index contributed by atoms with van der Waals surface area (Å²) < 4.78 is 5.09. The monoisotopic (exact) mass is 291 g/mol. The molecular weight excluding hydrogens is 270 g/mol. The van der Waals surface area contributed by atoms with Crippen molar-refractivity contribution in [2.24, 2.45) is 17.3 Å². The molecule has 5 nitrogen and oxygen atoms in total. The molecular formula is C16H21NO4. The lowest BCUT2D eigenvalue weighted by Crippen LogP contribution is -2.29. The van der Waals surface area contributed by atoms with E-state index in [0.717, 1.165) is 11.3 Å². The molecule has 0 heterocycles. The van der Waals surface area contributed by atoms with Gasteiger partial charge in [-0.15, -0.1) is 0 Å². The number of carboxylic acids is 1. The summed E-state index contributed by atoms with van der Waals surface area (Å²) in [6.45, 7) is 4.12. The Hall–Kier alpha value is -2.04. The van der Waals surface area contributed by atoms with Crippen molar-refractivity contribution < 1.29 is 19.4 Å². The highest BCUT2D eigenvalue weighted by Crippen LogP contribution is 2.58. The molecule has 1 aromatic rings. The van der Waals surface area contributed by atoms with E-state index in [1.807, 2.05) is 38.1 Å². The third kappa shape index (κ3) is 2.86. The molecule has 1 fully saturated rings. The van der Waals surface area contributed by atoms with Crippen molar-refractivity contribution in [2.45, 2.75) is 20.4 Å². The number of ether oxygens (including phenoxy) is 1. The first-order valence-electron chi connectivity index (χ1n) is 6.89. The summed E-state index contributed by atoms with van der Waals surface area (Å²) in [6, 6.07) is 7.48. The minimum absolute atomic E-state index is 0.108. The molecule has 0 unspecified atom stereocenters. The lowest BCUT2D eigenvalue weighted by Gasteiger charge is -2.18. The summed E-state index contributed by atoms with van der Waals surface area (Å²) in [5.74, 6) is -1.25. The quantitative estimate of drug-likeness (QED) is 0.901. The van der Waals surface area contributed by atoms with Crippen LogP contribution >= 0.6 is 0 Å². The van der Waals surface area contributed by atoms with E-state index in [0.29, 0.717) is 6.54 Å². The largest absolute Gasteiger partial charge is 0.497 e. The van der Waals surface area contributed by atoms with Gasteiger partial charge in [0.05, 0.1) is 18.9 Å². The van der Waals surface area contributed by atoms with Crippen molar-refractivity contribution >= 4 is 11.9 Å². The zero-order chi connectivity index (χ0) is 15.8. The van der Waals surface area contributed by atoms with Crippen LogP contribution in [0.25, 0.3) is 0 Å². The third-order valence-corrected chi connectivity index (χ3v) is 4.31. The number of methoxy groups -OCH3 is 1. The third-order valence-electron chi connectivity index (χ3n) is 4.31. The Kier molecular flexibility index (Phi) is 3.94. The molecule has 0 saturated heterocycles. The smallest absolute Gasteiger partial charge is 0.307 e. The summed E-state index contributed by atoms with van der Waals surface area (Å²) in [7, 11) is 3.31. The molecule has 0 spiro atoms. The van der Waals surface area contributed by atoms with Gasteiger partial charge in [-0.05, 0) is 23.1 Å². The molecule has 2 rings (SSSR count). The molecule has 1 aliphatic rings. The van der Waals surface area contributed by atoms with Gasteiger partial charge < -0.3 is 14.7 Å². The molecule has 0 aliphatic heterocycles. The molecule has 21 heavy (non-hydrogen) atoms. The fourth-order valence-electron chi connectivity index (χ4n) is 2.88. The summed E-state index contributed by atoms with van der Waals surface area (Å²) in [6.07, 6.45) is 0. The van der Waals surface area contributed by atoms with Crippen molar-refractivity contribution in [3.05, 3.63) is 29.8 Å². The first-order chi connectivity index (χ1) is 9.78. The number of rotatable bonds is 5. The van der Waals surface area contributed by atoms with Crippen molar-refractivity contribution in [1.29, 1.82) is 0 Å². The summed E-state index contributed by atoms with van der Waals surface area (Å²) in [5, 5.41) is 9.15. The Bertz CT molecular complexity index is 550. The van der Waals surface area contributed by atoms with Gasteiger partial charge in [0, 0.05) is 13.6 Å². The second-order valence-corrected chi connectivity index (χ2v) is 6.16. The highest BCUT2D eigenvalue weighted by Gasteiger charge is 2.66. The van der Waals surface area contributed by atoms with Crippen LogP contribution in [0.4, 0.5) is 0 Å². The van der Waals surface area contributed by atoms with E-state index in [4.69, 9.17) is 9.84 Å². The molecule has 114 valence electrons. The van der Waals surface area contributed by atoms with Gasteiger partial charge in [-0.1, -0.05) is 26.0 Å². The predicted octanol–water partition coefficient (Wildman–Crippen LogP) is 2.01. The fraction of sp³-hybridized carbons (Fsp3) is 0.500. The highest BCUT2D eigenvalue weighted by molar-refractivity contribution is 5.91. The maximum absolute atomic E-state index is 12.4. The number of benzene rings is 1. The van der Waals surface area contributed by atoms with Crippen molar-refractivity contribution in [2.75, 3.05) is 14.2 Å². The van der Waals surface area contributed by atoms with Crippen LogP contribution in [0.1, 0.15) is 19.4 Å². The Morgan fingerprint density at radius 3 is 2.24 bits per heavy atom. The lowest BCUT2D eigenvalue weighted by molar-refractivity contribution is -0.141. The molecule has 2 atom stereocenters. The molecule has 1 saturated carbocycles. The number of aliphatic carboxylic acids is 1. The summed E-state index contributed by atoms with van der Waals surface area (Å²) in [5.41, 5.74) is 0.522. The minimum atomic E-state index is -0.892. The average Bonchev–Trinajstić information content (AvgIpc) is 3.01. The van der Waals surface area contributed by atoms with Crippen molar-refractivity contribution in [3.63, 3.8) is 0 Å². The SMILES string of the molecule is COc1ccc(CN(C)C(=O)[C@H]2[C@@H](C(=O)O)C2(C)C)cc1. The van der Waals surface area contributed by atoms with Crippen LogP contribution in [0.3, 0.4) is 0 Å². The zero-order valence-corrected chi connectivity index (χ0v) is 12.8. The number of carbonyl (C=O) groups is 2. The molecule has 1 aromatic carbocycles. The van der Waals surface area contributed by atoms with Gasteiger partial charge in [-0.3, -0.25) is 9.59 Å². The number of carboxylic acid groups (broad SMARTS) is 1. The van der Waals surface area contributed by atoms with Crippen LogP contribution in [0.5, 0.6) is 5.75 Å². The number of amides is 1. The Morgan fingerprint density at radius 1 is 1.24 bits per heavy atom. The van der Waals surface area contributed by atoms with E-state index in [9.17, 15) is 9.59 Å². The van der Waals surface area contributed by atoms with E-state index in [-0.39, 0.29) is 5.91 Å². The standard InChI is InChI=1S/C16H21NO4/c1-16(2)12(13(16)15(19)20)14(18)17(3)9-10-5-7-11(21-4)8-6-10/h5-8,12-13H,9H2,1-4H3,(H,19,20)/t12-,13+/m1/s1. The molecule has 1 aliphatic carbocycles. The van der Waals surface area contributed by atoms with Crippen LogP contribution < -0.4 is 4.74 Å². The van der Waals surface area contributed by atoms with Crippen molar-refractivity contribution in [3.8, 4) is 5.75 Å². The first kappa shape index (κ1) is 15.4. The van der Waals surface area contributed by atoms with E-state index >= 15 is 0 Å². The van der Waals surface area contributed by atoms with Gasteiger partial charge in [-0.25, -0.2) is 0 Å². The number of nitrogens with zero attached hydrogens (tertiary/aromatic N) is 1. The highest BCUT2D eigenvalue weighted by atomic mass is 16.5. The average molecular weight is 291 g/mol. The van der Waals surface area contributed by atoms with E-state index in [2.05, 4.69) is 0 Å². The van der Waals surface area contributed by atoms with Gasteiger partial charge in [0.15, 0.2) is 0 Å². The van der Waals surface area contributed by atoms with Gasteiger partial charge in [-0.2, -0.15) is 0 Å². The van der Waals surface area contributed by atoms with Gasteiger partial charge >= 0.3 is 5.97 Å². The number of hydrogen-bond donors (Lipinski definition) is 1. The zero-order valence-electron chi connectivity index (χ0n) is 12.8. The van der Waals surface area contributed by atoms with Crippen LogP contribution in [-0.2, 0) is 16.1 Å². The van der Waals surface area contributed by atoms with E-state index < -0.39 is 23.2 Å². The second-order valence-electron chi connectivity index (χ2n) is 6.16. The van der Waals surface area contributed by atoms with Gasteiger partial charge in [0.2, 0.25) is 5.91 Å². The molecule has 1 N–H and O–H groups in total. The van der Waals surface area contributed by atoms with Crippen LogP contribution in [-0.4, -0.2) is 36.0 Å². The first-order valence-corrected chi connectivity index (χ1v) is 6.89. The lowest BCUT2D eigenvalue weighted by atomic mass is 10.1. The summed E-state index contributed by atoms with van der Waals surface area (Å²) in [4.78, 5) is 25.2. The molecule has 1 amide bonds. The maximum atomic E-state index is 12.4. The molecule has 5 heteroatoms. The Balaban J connectivity index is 2.02. The summed E-state index contributed by atoms with van der Waals surface area (Å²) >= 11 is 0. The van der Waals surface area contributed by atoms with Crippen molar-refractivity contribution in [1.82, 2.24) is 4.90 Å². The second kappa shape index (κ2) is 5.39. The van der Waals surface area contributed by atoms with Crippen LogP contribution in [0.15, 0.2) is 24.3 Å². The van der Waals surface area contributed by atoms with Gasteiger partial charge in [0.25, 0.3) is 0 Å². The maximum Gasteiger partial charge on any atom is 0.307 e. The van der Waals surface area contributed by atoms with E-state index in [1.165, 1.54) is 0 Å². The molecule has 0 aromatic heterocycles. The van der Waals surface area contributed by atoms with Crippen LogP contribution in [0, 0.1) is 17.3 Å². The molecule has 0 radical (unpaired) electrons. The predicted molar refractivity (Wildman–Crippen MR) is 77.9 cm³/mol. The van der Waals surface area contributed by atoms with Gasteiger partial charge in [0.1, 0.15) is 5.75 Å². The Labute approximate surface area is 124 Å². The topological polar surface area (TPSA) is 66.8 Å². The Morgan fingerprint density at radius 2 is 1.81 bits per heavy atom. The number of carbonyl (C=O) groups excluding carboxylic acids is 1. The fourth-order valence-corrected chi connectivity index (χ4v) is 2.88. The van der Waals surface area contributed by atoms with Crippen LogP contribution in [0.2, 0.25) is 0 Å². The molecule has 0 bridgehead atoms. The number of hydrogen-bond acceptors (Lipinski definition) is 3.